The van der Waals surface area contributed by atoms with Crippen molar-refractivity contribution < 1.29 is 10.0 Å². The van der Waals surface area contributed by atoms with Gasteiger partial charge in [0.15, 0.2) is 0 Å². The molecule has 0 spiro atoms. The Labute approximate surface area is 101 Å². The van der Waals surface area contributed by atoms with Crippen LogP contribution < -0.4 is 5.32 Å². The molecule has 0 aromatic heterocycles. The van der Waals surface area contributed by atoms with Gasteiger partial charge >= 0.3 is 0 Å². The van der Waals surface area contributed by atoms with Crippen LogP contribution >= 0.6 is 0 Å². The Morgan fingerprint density at radius 1 is 1.53 bits per heavy atom. The highest BCUT2D eigenvalue weighted by molar-refractivity contribution is 5.34. The number of aliphatic hydroxyl groups is 1. The van der Waals surface area contributed by atoms with Crippen molar-refractivity contribution in [1.29, 1.82) is 0 Å². The largest absolute Gasteiger partial charge is 0.396 e. The molecule has 5 heteroatoms. The van der Waals surface area contributed by atoms with E-state index in [0.29, 0.717) is 12.6 Å². The van der Waals surface area contributed by atoms with Crippen LogP contribution in [0.25, 0.3) is 0 Å². The van der Waals surface area contributed by atoms with Crippen LogP contribution in [0.2, 0.25) is 0 Å². The molecule has 0 aliphatic carbocycles. The third-order valence-corrected chi connectivity index (χ3v) is 2.57. The highest BCUT2D eigenvalue weighted by Gasteiger charge is 2.06. The number of nitrogens with one attached hydrogen (secondary N) is 1. The first-order chi connectivity index (χ1) is 8.13. The predicted octanol–water partition coefficient (Wildman–Crippen LogP) is 1.85. The van der Waals surface area contributed by atoms with E-state index in [-0.39, 0.29) is 12.3 Å². The summed E-state index contributed by atoms with van der Waals surface area (Å²) in [7, 11) is 0. The molecule has 0 saturated heterocycles. The first-order valence-electron chi connectivity index (χ1n) is 5.71. The molecule has 0 fully saturated rings. The van der Waals surface area contributed by atoms with Gasteiger partial charge in [0.25, 0.3) is 5.69 Å². The summed E-state index contributed by atoms with van der Waals surface area (Å²) in [6.45, 7) is 2.84. The Morgan fingerprint density at radius 2 is 2.29 bits per heavy atom. The molecule has 1 rings (SSSR count). The lowest BCUT2D eigenvalue weighted by Gasteiger charge is -2.12. The molecule has 94 valence electrons. The maximum absolute atomic E-state index is 10.6. The monoisotopic (exact) mass is 238 g/mol. The van der Waals surface area contributed by atoms with Gasteiger partial charge in [-0.25, -0.2) is 0 Å². The Bertz CT molecular complexity index is 369. The standard InChI is InChI=1S/C12H18N2O3/c1-10(4-3-7-15)13-9-11-5-2-6-12(8-11)14(16)17/h2,5-6,8,10,13,15H,3-4,7,9H2,1H3. The van der Waals surface area contributed by atoms with Gasteiger partial charge in [-0.1, -0.05) is 12.1 Å². The van der Waals surface area contributed by atoms with Crippen LogP contribution in [0.4, 0.5) is 5.69 Å². The van der Waals surface area contributed by atoms with Crippen molar-refractivity contribution in [2.24, 2.45) is 0 Å². The summed E-state index contributed by atoms with van der Waals surface area (Å²) in [5, 5.41) is 22.6. The minimum Gasteiger partial charge on any atom is -0.396 e. The number of non-ortho nitro benzene ring substituents is 1. The SMILES string of the molecule is CC(CCCO)NCc1cccc([N+](=O)[O-])c1. The second kappa shape index (κ2) is 6.98. The normalized spacial score (nSPS) is 12.4. The van der Waals surface area contributed by atoms with Gasteiger partial charge < -0.3 is 10.4 Å². The van der Waals surface area contributed by atoms with Crippen molar-refractivity contribution in [3.8, 4) is 0 Å². The number of hydrogen-bond acceptors (Lipinski definition) is 4. The Morgan fingerprint density at radius 3 is 2.94 bits per heavy atom. The molecule has 0 aliphatic heterocycles. The fraction of sp³-hybridized carbons (Fsp3) is 0.500. The van der Waals surface area contributed by atoms with E-state index in [9.17, 15) is 10.1 Å². The van der Waals surface area contributed by atoms with Crippen LogP contribution in [0.5, 0.6) is 0 Å². The number of hydrogen-bond donors (Lipinski definition) is 2. The zero-order valence-electron chi connectivity index (χ0n) is 9.93. The van der Waals surface area contributed by atoms with E-state index in [1.54, 1.807) is 12.1 Å². The molecule has 0 amide bonds. The van der Waals surface area contributed by atoms with E-state index < -0.39 is 4.92 Å². The van der Waals surface area contributed by atoms with E-state index in [1.165, 1.54) is 6.07 Å². The maximum atomic E-state index is 10.6. The number of benzene rings is 1. The third-order valence-electron chi connectivity index (χ3n) is 2.57. The summed E-state index contributed by atoms with van der Waals surface area (Å²) >= 11 is 0. The Balaban J connectivity index is 2.46. The molecule has 0 saturated carbocycles. The minimum atomic E-state index is -0.390. The molecule has 5 nitrogen and oxygen atoms in total. The number of nitrogens with zero attached hydrogens (tertiary/aromatic N) is 1. The van der Waals surface area contributed by atoms with Gasteiger partial charge in [-0.2, -0.15) is 0 Å². The molecule has 17 heavy (non-hydrogen) atoms. The number of nitro benzene ring substituents is 1. The van der Waals surface area contributed by atoms with Crippen LogP contribution in [0.3, 0.4) is 0 Å². The number of aliphatic hydroxyl groups excluding tert-OH is 1. The Kier molecular flexibility index (Phi) is 5.59. The second-order valence-corrected chi connectivity index (χ2v) is 4.07. The van der Waals surface area contributed by atoms with Crippen LogP contribution in [0.1, 0.15) is 25.3 Å². The van der Waals surface area contributed by atoms with E-state index in [2.05, 4.69) is 5.32 Å². The minimum absolute atomic E-state index is 0.118. The van der Waals surface area contributed by atoms with E-state index in [4.69, 9.17) is 5.11 Å². The van der Waals surface area contributed by atoms with Crippen molar-refractivity contribution >= 4 is 5.69 Å². The lowest BCUT2D eigenvalue weighted by Crippen LogP contribution is -2.25. The smallest absolute Gasteiger partial charge is 0.269 e. The molecule has 1 unspecified atom stereocenters. The maximum Gasteiger partial charge on any atom is 0.269 e. The zero-order valence-corrected chi connectivity index (χ0v) is 9.93. The predicted molar refractivity (Wildman–Crippen MR) is 65.7 cm³/mol. The van der Waals surface area contributed by atoms with Gasteiger partial charge in [-0.15, -0.1) is 0 Å². The fourth-order valence-corrected chi connectivity index (χ4v) is 1.57. The van der Waals surface area contributed by atoms with Gasteiger partial charge in [0.2, 0.25) is 0 Å². The van der Waals surface area contributed by atoms with Crippen LogP contribution in [-0.2, 0) is 6.54 Å². The summed E-state index contributed by atoms with van der Waals surface area (Å²) in [6.07, 6.45) is 1.66. The topological polar surface area (TPSA) is 75.4 Å². The molecule has 0 bridgehead atoms. The Hall–Kier alpha value is -1.46. The molecular weight excluding hydrogens is 220 g/mol. The third kappa shape index (κ3) is 4.93. The lowest BCUT2D eigenvalue weighted by atomic mass is 10.1. The van der Waals surface area contributed by atoms with E-state index >= 15 is 0 Å². The molecule has 2 N–H and O–H groups in total. The summed E-state index contributed by atoms with van der Waals surface area (Å²) < 4.78 is 0. The van der Waals surface area contributed by atoms with Crippen molar-refractivity contribution in [3.05, 3.63) is 39.9 Å². The van der Waals surface area contributed by atoms with Gasteiger partial charge in [0, 0.05) is 31.3 Å². The van der Waals surface area contributed by atoms with Crippen molar-refractivity contribution in [3.63, 3.8) is 0 Å². The highest BCUT2D eigenvalue weighted by Crippen LogP contribution is 2.13. The van der Waals surface area contributed by atoms with E-state index in [0.717, 1.165) is 18.4 Å². The van der Waals surface area contributed by atoms with Gasteiger partial charge in [0.1, 0.15) is 0 Å². The van der Waals surface area contributed by atoms with Gasteiger partial charge in [-0.05, 0) is 25.3 Å². The zero-order chi connectivity index (χ0) is 12.7. The van der Waals surface area contributed by atoms with Gasteiger partial charge in [0.05, 0.1) is 4.92 Å². The summed E-state index contributed by atoms with van der Waals surface area (Å²) in [6, 6.07) is 6.90. The highest BCUT2D eigenvalue weighted by atomic mass is 16.6. The van der Waals surface area contributed by atoms with Gasteiger partial charge in [-0.3, -0.25) is 10.1 Å². The summed E-state index contributed by atoms with van der Waals surface area (Å²) in [5.41, 5.74) is 1.02. The average molecular weight is 238 g/mol. The number of rotatable bonds is 7. The molecule has 1 aromatic rings. The molecule has 1 aromatic carbocycles. The second-order valence-electron chi connectivity index (χ2n) is 4.07. The van der Waals surface area contributed by atoms with Crippen molar-refractivity contribution in [1.82, 2.24) is 5.32 Å². The first-order valence-corrected chi connectivity index (χ1v) is 5.71. The molecule has 0 aliphatic rings. The first kappa shape index (κ1) is 13.6. The summed E-state index contributed by atoms with van der Waals surface area (Å²) in [5.74, 6) is 0. The fourth-order valence-electron chi connectivity index (χ4n) is 1.57. The quantitative estimate of drug-likeness (QED) is 0.561. The van der Waals surface area contributed by atoms with Crippen molar-refractivity contribution in [2.75, 3.05) is 6.61 Å². The van der Waals surface area contributed by atoms with Crippen LogP contribution in [-0.4, -0.2) is 22.7 Å². The average Bonchev–Trinajstić information content (AvgIpc) is 2.34. The molecule has 0 heterocycles. The van der Waals surface area contributed by atoms with Crippen LogP contribution in [0.15, 0.2) is 24.3 Å². The lowest BCUT2D eigenvalue weighted by molar-refractivity contribution is -0.384. The molecule has 0 radical (unpaired) electrons. The number of nitro groups is 1. The molecule has 1 atom stereocenters. The molecular formula is C12H18N2O3. The van der Waals surface area contributed by atoms with E-state index in [1.807, 2.05) is 13.0 Å². The summed E-state index contributed by atoms with van der Waals surface area (Å²) in [4.78, 5) is 10.2. The van der Waals surface area contributed by atoms with Crippen molar-refractivity contribution in [2.45, 2.75) is 32.4 Å². The van der Waals surface area contributed by atoms with Crippen LogP contribution in [0, 0.1) is 10.1 Å².